The summed E-state index contributed by atoms with van der Waals surface area (Å²) in [6.45, 7) is 2.41. The molecule has 1 saturated carbocycles. The maximum atomic E-state index is 12.3. The highest BCUT2D eigenvalue weighted by Crippen LogP contribution is 2.26. The SMILES string of the molecule is O=C1CNC[C@H](Cc2ccccc2)N1CC1CCCCC1. The summed E-state index contributed by atoms with van der Waals surface area (Å²) in [6, 6.07) is 10.9. The highest BCUT2D eigenvalue weighted by molar-refractivity contribution is 5.79. The summed E-state index contributed by atoms with van der Waals surface area (Å²) in [5.41, 5.74) is 1.33. The Morgan fingerprint density at radius 3 is 2.62 bits per heavy atom. The molecule has 1 saturated heterocycles. The molecule has 21 heavy (non-hydrogen) atoms. The first kappa shape index (κ1) is 14.6. The predicted octanol–water partition coefficient (Wildman–Crippen LogP) is 2.61. The Morgan fingerprint density at radius 1 is 1.10 bits per heavy atom. The van der Waals surface area contributed by atoms with E-state index in [0.717, 1.165) is 25.4 Å². The van der Waals surface area contributed by atoms with E-state index in [2.05, 4.69) is 34.5 Å². The number of benzene rings is 1. The summed E-state index contributed by atoms with van der Waals surface area (Å²) < 4.78 is 0. The summed E-state index contributed by atoms with van der Waals surface area (Å²) in [7, 11) is 0. The van der Waals surface area contributed by atoms with E-state index in [1.807, 2.05) is 6.07 Å². The van der Waals surface area contributed by atoms with Crippen LogP contribution in [-0.2, 0) is 11.2 Å². The zero-order valence-electron chi connectivity index (χ0n) is 12.8. The van der Waals surface area contributed by atoms with Crippen molar-refractivity contribution in [2.75, 3.05) is 19.6 Å². The minimum absolute atomic E-state index is 0.285. The second kappa shape index (κ2) is 7.08. The number of hydrogen-bond acceptors (Lipinski definition) is 2. The van der Waals surface area contributed by atoms with Crippen LogP contribution in [0.1, 0.15) is 37.7 Å². The maximum Gasteiger partial charge on any atom is 0.236 e. The molecule has 0 spiro atoms. The molecule has 1 aromatic carbocycles. The Morgan fingerprint density at radius 2 is 1.86 bits per heavy atom. The zero-order valence-corrected chi connectivity index (χ0v) is 12.8. The fourth-order valence-corrected chi connectivity index (χ4v) is 3.73. The molecular weight excluding hydrogens is 260 g/mol. The lowest BCUT2D eigenvalue weighted by Gasteiger charge is -2.39. The average Bonchev–Trinajstić information content (AvgIpc) is 2.53. The van der Waals surface area contributed by atoms with Crippen LogP contribution < -0.4 is 5.32 Å². The van der Waals surface area contributed by atoms with E-state index < -0.39 is 0 Å². The standard InChI is InChI=1S/C18H26N2O/c21-18-13-19-12-17(11-15-7-3-1-4-8-15)20(18)14-16-9-5-2-6-10-16/h1,3-4,7-8,16-17,19H,2,5-6,9-14H2/t17-/m0/s1. The fraction of sp³-hybridized carbons (Fsp3) is 0.611. The lowest BCUT2D eigenvalue weighted by molar-refractivity contribution is -0.135. The molecule has 1 N–H and O–H groups in total. The molecule has 1 amide bonds. The van der Waals surface area contributed by atoms with Gasteiger partial charge in [-0.3, -0.25) is 4.79 Å². The second-order valence-electron chi connectivity index (χ2n) is 6.52. The van der Waals surface area contributed by atoms with Gasteiger partial charge in [-0.1, -0.05) is 49.6 Å². The first-order valence-corrected chi connectivity index (χ1v) is 8.37. The predicted molar refractivity (Wildman–Crippen MR) is 85.1 cm³/mol. The van der Waals surface area contributed by atoms with Crippen LogP contribution >= 0.6 is 0 Å². The van der Waals surface area contributed by atoms with Crippen molar-refractivity contribution >= 4 is 5.91 Å². The minimum Gasteiger partial charge on any atom is -0.337 e. The van der Waals surface area contributed by atoms with Crippen molar-refractivity contribution in [3.8, 4) is 0 Å². The quantitative estimate of drug-likeness (QED) is 0.923. The third-order valence-electron chi connectivity index (χ3n) is 4.91. The molecule has 3 nitrogen and oxygen atoms in total. The lowest BCUT2D eigenvalue weighted by Crippen LogP contribution is -2.56. The van der Waals surface area contributed by atoms with Gasteiger partial charge in [-0.05, 0) is 30.7 Å². The Hall–Kier alpha value is -1.35. The van der Waals surface area contributed by atoms with Gasteiger partial charge >= 0.3 is 0 Å². The van der Waals surface area contributed by atoms with Crippen LogP contribution in [0.2, 0.25) is 0 Å². The summed E-state index contributed by atoms with van der Waals surface area (Å²) in [5, 5.41) is 3.28. The van der Waals surface area contributed by atoms with Gasteiger partial charge < -0.3 is 10.2 Å². The molecule has 3 heteroatoms. The molecule has 2 aliphatic rings. The minimum atomic E-state index is 0.285. The molecule has 0 unspecified atom stereocenters. The number of piperazine rings is 1. The summed E-state index contributed by atoms with van der Waals surface area (Å²) >= 11 is 0. The molecule has 114 valence electrons. The molecule has 0 radical (unpaired) electrons. The van der Waals surface area contributed by atoms with Crippen molar-refractivity contribution in [1.82, 2.24) is 10.2 Å². The van der Waals surface area contributed by atoms with Gasteiger partial charge in [0, 0.05) is 19.1 Å². The van der Waals surface area contributed by atoms with Gasteiger partial charge in [0.05, 0.1) is 6.54 Å². The molecule has 3 rings (SSSR count). The number of nitrogens with one attached hydrogen (secondary N) is 1. The van der Waals surface area contributed by atoms with Gasteiger partial charge in [0.1, 0.15) is 0 Å². The summed E-state index contributed by atoms with van der Waals surface area (Å²) in [4.78, 5) is 14.5. The molecule has 0 aromatic heterocycles. The first-order chi connectivity index (χ1) is 10.3. The average molecular weight is 286 g/mol. The van der Waals surface area contributed by atoms with E-state index >= 15 is 0 Å². The molecule has 1 aromatic rings. The smallest absolute Gasteiger partial charge is 0.236 e. The van der Waals surface area contributed by atoms with E-state index in [1.165, 1.54) is 37.7 Å². The highest BCUT2D eigenvalue weighted by atomic mass is 16.2. The third kappa shape index (κ3) is 3.85. The van der Waals surface area contributed by atoms with Crippen molar-refractivity contribution in [3.63, 3.8) is 0 Å². The summed E-state index contributed by atoms with van der Waals surface area (Å²) in [6.07, 6.45) is 7.62. The molecule has 1 aliphatic carbocycles. The molecule has 1 atom stereocenters. The first-order valence-electron chi connectivity index (χ1n) is 8.37. The van der Waals surface area contributed by atoms with Crippen LogP contribution in [0.25, 0.3) is 0 Å². The van der Waals surface area contributed by atoms with Crippen molar-refractivity contribution in [2.24, 2.45) is 5.92 Å². The van der Waals surface area contributed by atoms with Gasteiger partial charge in [0.15, 0.2) is 0 Å². The molecule has 1 heterocycles. The van der Waals surface area contributed by atoms with Crippen LogP contribution in [0.4, 0.5) is 0 Å². The van der Waals surface area contributed by atoms with Crippen molar-refractivity contribution in [2.45, 2.75) is 44.6 Å². The van der Waals surface area contributed by atoms with Crippen LogP contribution in [0.5, 0.6) is 0 Å². The number of nitrogens with zero attached hydrogens (tertiary/aromatic N) is 1. The van der Waals surface area contributed by atoms with Gasteiger partial charge in [0.25, 0.3) is 0 Å². The Labute approximate surface area is 127 Å². The number of carbonyl (C=O) groups is 1. The largest absolute Gasteiger partial charge is 0.337 e. The van der Waals surface area contributed by atoms with Gasteiger partial charge in [-0.2, -0.15) is 0 Å². The molecular formula is C18H26N2O. The van der Waals surface area contributed by atoms with Crippen LogP contribution in [0.15, 0.2) is 30.3 Å². The van der Waals surface area contributed by atoms with Crippen LogP contribution in [0.3, 0.4) is 0 Å². The van der Waals surface area contributed by atoms with Crippen LogP contribution in [-0.4, -0.2) is 36.5 Å². The van der Waals surface area contributed by atoms with E-state index in [-0.39, 0.29) is 5.91 Å². The van der Waals surface area contributed by atoms with Gasteiger partial charge in [-0.25, -0.2) is 0 Å². The number of hydrogen-bond donors (Lipinski definition) is 1. The molecule has 0 bridgehead atoms. The van der Waals surface area contributed by atoms with E-state index in [4.69, 9.17) is 0 Å². The van der Waals surface area contributed by atoms with Gasteiger partial charge in [0.2, 0.25) is 5.91 Å². The van der Waals surface area contributed by atoms with Gasteiger partial charge in [-0.15, -0.1) is 0 Å². The molecule has 2 fully saturated rings. The molecule has 1 aliphatic heterocycles. The maximum absolute atomic E-state index is 12.3. The van der Waals surface area contributed by atoms with Crippen molar-refractivity contribution in [3.05, 3.63) is 35.9 Å². The fourth-order valence-electron chi connectivity index (χ4n) is 3.73. The Bertz CT molecular complexity index is 454. The van der Waals surface area contributed by atoms with Crippen molar-refractivity contribution < 1.29 is 4.79 Å². The monoisotopic (exact) mass is 286 g/mol. The van der Waals surface area contributed by atoms with E-state index in [9.17, 15) is 4.79 Å². The van der Waals surface area contributed by atoms with Crippen LogP contribution in [0, 0.1) is 5.92 Å². The normalized spacial score (nSPS) is 24.3. The van der Waals surface area contributed by atoms with E-state index in [0.29, 0.717) is 12.6 Å². The lowest BCUT2D eigenvalue weighted by atomic mass is 9.88. The third-order valence-corrected chi connectivity index (χ3v) is 4.91. The topological polar surface area (TPSA) is 32.3 Å². The number of carbonyl (C=O) groups excluding carboxylic acids is 1. The summed E-state index contributed by atoms with van der Waals surface area (Å²) in [5.74, 6) is 1.01. The Balaban J connectivity index is 1.65. The highest BCUT2D eigenvalue weighted by Gasteiger charge is 2.30. The number of rotatable bonds is 4. The zero-order chi connectivity index (χ0) is 14.5. The second-order valence-corrected chi connectivity index (χ2v) is 6.52. The Kier molecular flexibility index (Phi) is 4.91. The number of amides is 1. The van der Waals surface area contributed by atoms with Crippen molar-refractivity contribution in [1.29, 1.82) is 0 Å². The van der Waals surface area contributed by atoms with E-state index in [1.54, 1.807) is 0 Å².